The summed E-state index contributed by atoms with van der Waals surface area (Å²) in [6, 6.07) is 3.89. The number of hydrogen-bond donors (Lipinski definition) is 1. The fourth-order valence-electron chi connectivity index (χ4n) is 3.01. The van der Waals surface area contributed by atoms with E-state index in [0.29, 0.717) is 5.92 Å². The van der Waals surface area contributed by atoms with Crippen molar-refractivity contribution in [1.29, 1.82) is 0 Å². The Balaban J connectivity index is 1.75. The van der Waals surface area contributed by atoms with E-state index in [2.05, 4.69) is 12.3 Å². The first-order valence-electron chi connectivity index (χ1n) is 7.38. The molecule has 0 saturated heterocycles. The minimum Gasteiger partial charge on any atom is -0.481 e. The van der Waals surface area contributed by atoms with Crippen LogP contribution in [0.5, 0.6) is 0 Å². The van der Waals surface area contributed by atoms with Crippen LogP contribution in [0.4, 0.5) is 0 Å². The highest BCUT2D eigenvalue weighted by molar-refractivity contribution is 7.16. The van der Waals surface area contributed by atoms with E-state index in [4.69, 9.17) is 10.1 Å². The average Bonchev–Trinajstić information content (AvgIpc) is 3.06. The highest BCUT2D eigenvalue weighted by Gasteiger charge is 2.23. The van der Waals surface area contributed by atoms with Crippen LogP contribution in [0, 0.1) is 5.92 Å². The summed E-state index contributed by atoms with van der Waals surface area (Å²) in [7, 11) is 0. The maximum atomic E-state index is 10.7. The van der Waals surface area contributed by atoms with Crippen molar-refractivity contribution in [3.8, 4) is 10.6 Å². The number of carboxylic acid groups (broad SMARTS) is 1. The van der Waals surface area contributed by atoms with Crippen molar-refractivity contribution in [3.63, 3.8) is 0 Å². The van der Waals surface area contributed by atoms with Gasteiger partial charge in [-0.15, -0.1) is 22.7 Å². The minimum absolute atomic E-state index is 0.0990. The first kappa shape index (κ1) is 14.7. The predicted octanol–water partition coefficient (Wildman–Crippen LogP) is 4.79. The zero-order valence-electron chi connectivity index (χ0n) is 12.0. The molecule has 3 nitrogen and oxygen atoms in total. The van der Waals surface area contributed by atoms with Gasteiger partial charge in [0.05, 0.1) is 22.0 Å². The molecule has 5 heteroatoms. The van der Waals surface area contributed by atoms with Gasteiger partial charge in [0.25, 0.3) is 0 Å². The van der Waals surface area contributed by atoms with E-state index >= 15 is 0 Å². The fraction of sp³-hybridized carbons (Fsp3) is 0.500. The maximum Gasteiger partial charge on any atom is 0.308 e. The van der Waals surface area contributed by atoms with E-state index in [1.165, 1.54) is 42.0 Å². The van der Waals surface area contributed by atoms with Crippen LogP contribution in [0.2, 0.25) is 0 Å². The van der Waals surface area contributed by atoms with Crippen molar-refractivity contribution in [2.45, 2.75) is 44.9 Å². The molecule has 2 unspecified atom stereocenters. The molecule has 1 fully saturated rings. The standard InChI is InChI=1S/C16H19NO2S2/c1-10-3-2-4-11(7-10)16-17-13(9-20-16)14-6-5-12(21-14)8-15(18)19/h5-6,9-11H,2-4,7-8H2,1H3,(H,18,19). The highest BCUT2D eigenvalue weighted by Crippen LogP contribution is 2.39. The van der Waals surface area contributed by atoms with Gasteiger partial charge in [-0.3, -0.25) is 4.79 Å². The summed E-state index contributed by atoms with van der Waals surface area (Å²) < 4.78 is 0. The van der Waals surface area contributed by atoms with E-state index in [1.54, 1.807) is 11.3 Å². The smallest absolute Gasteiger partial charge is 0.308 e. The number of rotatable bonds is 4. The maximum absolute atomic E-state index is 10.7. The second kappa shape index (κ2) is 6.28. The Labute approximate surface area is 132 Å². The van der Waals surface area contributed by atoms with Crippen LogP contribution in [-0.2, 0) is 11.2 Å². The molecule has 1 saturated carbocycles. The van der Waals surface area contributed by atoms with E-state index in [0.717, 1.165) is 21.4 Å². The van der Waals surface area contributed by atoms with Crippen molar-refractivity contribution in [2.75, 3.05) is 0 Å². The summed E-state index contributed by atoms with van der Waals surface area (Å²) in [5.41, 5.74) is 1.01. The molecule has 21 heavy (non-hydrogen) atoms. The average molecular weight is 321 g/mol. The molecule has 3 rings (SSSR count). The van der Waals surface area contributed by atoms with E-state index in [-0.39, 0.29) is 6.42 Å². The Bertz CT molecular complexity index is 632. The second-order valence-corrected chi connectivity index (χ2v) is 7.93. The molecule has 0 radical (unpaired) electrons. The molecule has 2 aromatic heterocycles. The Morgan fingerprint density at radius 1 is 1.43 bits per heavy atom. The van der Waals surface area contributed by atoms with Gasteiger partial charge in [0.1, 0.15) is 0 Å². The van der Waals surface area contributed by atoms with Crippen LogP contribution < -0.4 is 0 Å². The lowest BCUT2D eigenvalue weighted by molar-refractivity contribution is -0.136. The summed E-state index contributed by atoms with van der Waals surface area (Å²) in [6.07, 6.45) is 5.26. The van der Waals surface area contributed by atoms with Gasteiger partial charge in [-0.05, 0) is 30.9 Å². The van der Waals surface area contributed by atoms with Gasteiger partial charge < -0.3 is 5.11 Å². The van der Waals surface area contributed by atoms with Crippen molar-refractivity contribution in [3.05, 3.63) is 27.4 Å². The zero-order valence-corrected chi connectivity index (χ0v) is 13.7. The summed E-state index contributed by atoms with van der Waals surface area (Å²) in [6.45, 7) is 2.33. The molecular formula is C16H19NO2S2. The molecule has 112 valence electrons. The predicted molar refractivity (Wildman–Crippen MR) is 87.1 cm³/mol. The molecule has 1 aliphatic carbocycles. The van der Waals surface area contributed by atoms with Crippen LogP contribution in [0.1, 0.15) is 48.4 Å². The monoisotopic (exact) mass is 321 g/mol. The quantitative estimate of drug-likeness (QED) is 0.880. The molecule has 2 aromatic rings. The van der Waals surface area contributed by atoms with Gasteiger partial charge in [0, 0.05) is 16.2 Å². The third kappa shape index (κ3) is 3.52. The van der Waals surface area contributed by atoms with Gasteiger partial charge in [0.15, 0.2) is 0 Å². The van der Waals surface area contributed by atoms with Crippen LogP contribution in [0.15, 0.2) is 17.5 Å². The number of carbonyl (C=O) groups is 1. The van der Waals surface area contributed by atoms with Crippen molar-refractivity contribution >= 4 is 28.6 Å². The molecule has 0 aliphatic heterocycles. The Morgan fingerprint density at radius 2 is 2.29 bits per heavy atom. The molecule has 1 aliphatic rings. The number of aliphatic carboxylic acids is 1. The summed E-state index contributed by atoms with van der Waals surface area (Å²) in [4.78, 5) is 17.5. The summed E-state index contributed by atoms with van der Waals surface area (Å²) >= 11 is 3.29. The van der Waals surface area contributed by atoms with Gasteiger partial charge in [-0.2, -0.15) is 0 Å². The number of thiazole rings is 1. The Hall–Kier alpha value is -1.20. The Kier molecular flexibility index (Phi) is 4.40. The SMILES string of the molecule is CC1CCCC(c2nc(-c3ccc(CC(=O)O)s3)cs2)C1. The van der Waals surface area contributed by atoms with Crippen LogP contribution in [-0.4, -0.2) is 16.1 Å². The number of thiophene rings is 1. The lowest BCUT2D eigenvalue weighted by Crippen LogP contribution is -2.11. The highest BCUT2D eigenvalue weighted by atomic mass is 32.1. The minimum atomic E-state index is -0.779. The molecule has 0 amide bonds. The van der Waals surface area contributed by atoms with E-state index < -0.39 is 5.97 Å². The first-order chi connectivity index (χ1) is 10.1. The van der Waals surface area contributed by atoms with E-state index in [1.807, 2.05) is 12.1 Å². The summed E-state index contributed by atoms with van der Waals surface area (Å²) in [5, 5.41) is 12.2. The van der Waals surface area contributed by atoms with Crippen LogP contribution in [0.3, 0.4) is 0 Å². The van der Waals surface area contributed by atoms with Crippen molar-refractivity contribution in [2.24, 2.45) is 5.92 Å². The molecule has 0 aromatic carbocycles. The second-order valence-electron chi connectivity index (χ2n) is 5.88. The topological polar surface area (TPSA) is 50.2 Å². The largest absolute Gasteiger partial charge is 0.481 e. The molecule has 0 spiro atoms. The number of carboxylic acids is 1. The first-order valence-corrected chi connectivity index (χ1v) is 9.07. The molecule has 2 heterocycles. The van der Waals surface area contributed by atoms with Gasteiger partial charge >= 0.3 is 5.97 Å². The van der Waals surface area contributed by atoms with Gasteiger partial charge in [-0.1, -0.05) is 19.8 Å². The third-order valence-electron chi connectivity index (χ3n) is 4.05. The molecule has 1 N–H and O–H groups in total. The van der Waals surface area contributed by atoms with Crippen molar-refractivity contribution < 1.29 is 9.90 Å². The number of nitrogens with zero attached hydrogens (tertiary/aromatic N) is 1. The van der Waals surface area contributed by atoms with Gasteiger partial charge in [0.2, 0.25) is 0 Å². The lowest BCUT2D eigenvalue weighted by atomic mass is 9.83. The third-order valence-corrected chi connectivity index (χ3v) is 6.16. The van der Waals surface area contributed by atoms with Gasteiger partial charge in [-0.25, -0.2) is 4.98 Å². The van der Waals surface area contributed by atoms with Crippen LogP contribution in [0.25, 0.3) is 10.6 Å². The molecular weight excluding hydrogens is 302 g/mol. The molecule has 0 bridgehead atoms. The normalized spacial score (nSPS) is 22.3. The van der Waals surface area contributed by atoms with Crippen LogP contribution >= 0.6 is 22.7 Å². The van der Waals surface area contributed by atoms with Crippen molar-refractivity contribution in [1.82, 2.24) is 4.98 Å². The molecule has 2 atom stereocenters. The summed E-state index contributed by atoms with van der Waals surface area (Å²) in [5.74, 6) is 0.643. The fourth-order valence-corrected chi connectivity index (χ4v) is 5.01. The zero-order chi connectivity index (χ0) is 14.8. The lowest BCUT2D eigenvalue weighted by Gasteiger charge is -2.24. The number of aromatic nitrogens is 1. The Morgan fingerprint density at radius 3 is 3.05 bits per heavy atom. The number of hydrogen-bond acceptors (Lipinski definition) is 4. The van der Waals surface area contributed by atoms with E-state index in [9.17, 15) is 4.79 Å².